The van der Waals surface area contributed by atoms with Gasteiger partial charge in [0.05, 0.1) is 0 Å². The number of imidazole rings is 1. The predicted octanol–water partition coefficient (Wildman–Crippen LogP) is 0.733. The summed E-state index contributed by atoms with van der Waals surface area (Å²) in [5, 5.41) is 0. The number of anilines is 1. The van der Waals surface area contributed by atoms with Gasteiger partial charge in [-0.1, -0.05) is 0 Å². The summed E-state index contributed by atoms with van der Waals surface area (Å²) in [4.78, 5) is 7.87. The van der Waals surface area contributed by atoms with E-state index in [0.29, 0.717) is 11.5 Å². The Morgan fingerprint density at radius 2 is 1.82 bits per heavy atom. The molecule has 0 saturated heterocycles. The Morgan fingerprint density at radius 1 is 1.18 bits per heavy atom. The van der Waals surface area contributed by atoms with Crippen molar-refractivity contribution in [2.45, 2.75) is 0 Å². The largest absolute Gasteiger partial charge is 0.381 e. The van der Waals surface area contributed by atoms with Crippen LogP contribution in [0, 0.1) is 0 Å². The number of hydrogen-bond acceptors (Lipinski definition) is 3. The van der Waals surface area contributed by atoms with E-state index in [2.05, 4.69) is 9.97 Å². The molecule has 11 heavy (non-hydrogen) atoms. The molecule has 2 heterocycles. The Kier molecular flexibility index (Phi) is 1.96. The number of halogens is 1. The van der Waals surface area contributed by atoms with E-state index in [4.69, 9.17) is 5.73 Å². The minimum atomic E-state index is 0. The zero-order valence-electron chi connectivity index (χ0n) is 5.64. The molecular weight excluding hydrogens is 164 g/mol. The van der Waals surface area contributed by atoms with Gasteiger partial charge in [-0.3, -0.25) is 0 Å². The first-order valence-corrected chi connectivity index (χ1v) is 2.91. The van der Waals surface area contributed by atoms with Crippen molar-refractivity contribution < 1.29 is 0 Å². The Balaban J connectivity index is 0.000000605. The zero-order valence-corrected chi connectivity index (χ0v) is 6.45. The second-order valence-electron chi connectivity index (χ2n) is 1.97. The van der Waals surface area contributed by atoms with Crippen LogP contribution in [-0.4, -0.2) is 14.4 Å². The molecule has 0 spiro atoms. The fourth-order valence-corrected chi connectivity index (χ4v) is 0.875. The maximum Gasteiger partial charge on any atom is 0.179 e. The summed E-state index contributed by atoms with van der Waals surface area (Å²) in [6, 6.07) is 0. The first-order chi connectivity index (χ1) is 4.88. The monoisotopic (exact) mass is 170 g/mol. The van der Waals surface area contributed by atoms with Crippen molar-refractivity contribution in [1.82, 2.24) is 14.4 Å². The number of nitrogens with zero attached hydrogens (tertiary/aromatic N) is 3. The van der Waals surface area contributed by atoms with Crippen LogP contribution in [0.3, 0.4) is 0 Å². The van der Waals surface area contributed by atoms with Crippen molar-refractivity contribution >= 4 is 23.9 Å². The summed E-state index contributed by atoms with van der Waals surface area (Å²) in [7, 11) is 0. The van der Waals surface area contributed by atoms with Crippen LogP contribution in [0.1, 0.15) is 0 Å². The molecule has 0 aliphatic heterocycles. The minimum absolute atomic E-state index is 0. The average molecular weight is 171 g/mol. The molecule has 2 rings (SSSR count). The molecular formula is C6H7ClN4. The molecule has 0 fully saturated rings. The first kappa shape index (κ1) is 7.81. The number of rotatable bonds is 0. The highest BCUT2D eigenvalue weighted by molar-refractivity contribution is 5.85. The molecule has 2 aromatic heterocycles. The summed E-state index contributed by atoms with van der Waals surface area (Å²) in [6.45, 7) is 0. The van der Waals surface area contributed by atoms with Crippen LogP contribution < -0.4 is 5.73 Å². The Morgan fingerprint density at radius 3 is 2.45 bits per heavy atom. The fraction of sp³-hybridized carbons (Fsp3) is 0. The molecule has 0 saturated carbocycles. The highest BCUT2D eigenvalue weighted by Crippen LogP contribution is 2.04. The smallest absolute Gasteiger partial charge is 0.179 e. The van der Waals surface area contributed by atoms with Gasteiger partial charge in [-0.05, 0) is 0 Å². The van der Waals surface area contributed by atoms with Crippen LogP contribution in [0.15, 0.2) is 24.8 Å². The van der Waals surface area contributed by atoms with Gasteiger partial charge in [0.2, 0.25) is 0 Å². The fourth-order valence-electron chi connectivity index (χ4n) is 0.875. The van der Waals surface area contributed by atoms with Gasteiger partial charge in [0.25, 0.3) is 0 Å². The number of fused-ring (bicyclic) bond motifs is 1. The van der Waals surface area contributed by atoms with Gasteiger partial charge in [0, 0.05) is 24.8 Å². The van der Waals surface area contributed by atoms with E-state index in [1.807, 2.05) is 10.6 Å². The Bertz CT molecular complexity index is 356. The SMILES string of the molecule is Cl.Nc1nccn2ccnc12. The van der Waals surface area contributed by atoms with Crippen molar-refractivity contribution in [3.63, 3.8) is 0 Å². The Hall–Kier alpha value is -1.29. The van der Waals surface area contributed by atoms with Gasteiger partial charge in [0.15, 0.2) is 11.5 Å². The summed E-state index contributed by atoms with van der Waals surface area (Å²) in [6.07, 6.45) is 6.96. The van der Waals surface area contributed by atoms with E-state index in [1.165, 1.54) is 0 Å². The van der Waals surface area contributed by atoms with Crippen LogP contribution in [-0.2, 0) is 0 Å². The topological polar surface area (TPSA) is 56.2 Å². The number of hydrogen-bond donors (Lipinski definition) is 1. The second kappa shape index (κ2) is 2.75. The average Bonchev–Trinajstić information content (AvgIpc) is 2.36. The van der Waals surface area contributed by atoms with Crippen molar-refractivity contribution in [3.05, 3.63) is 24.8 Å². The van der Waals surface area contributed by atoms with Crippen LogP contribution >= 0.6 is 12.4 Å². The number of aromatic nitrogens is 3. The van der Waals surface area contributed by atoms with E-state index < -0.39 is 0 Å². The van der Waals surface area contributed by atoms with Crippen molar-refractivity contribution in [2.24, 2.45) is 0 Å². The lowest BCUT2D eigenvalue weighted by atomic mass is 10.6. The second-order valence-corrected chi connectivity index (χ2v) is 1.97. The molecule has 2 N–H and O–H groups in total. The molecule has 4 nitrogen and oxygen atoms in total. The quantitative estimate of drug-likeness (QED) is 0.634. The van der Waals surface area contributed by atoms with Crippen molar-refractivity contribution in [2.75, 3.05) is 5.73 Å². The van der Waals surface area contributed by atoms with E-state index >= 15 is 0 Å². The summed E-state index contributed by atoms with van der Waals surface area (Å²) < 4.78 is 1.82. The van der Waals surface area contributed by atoms with E-state index in [0.717, 1.165) is 0 Å². The lowest BCUT2D eigenvalue weighted by Crippen LogP contribution is -1.94. The highest BCUT2D eigenvalue weighted by atomic mass is 35.5. The standard InChI is InChI=1S/C6H6N4.ClH/c7-5-6-9-2-4-10(6)3-1-8-5;/h1-4H,(H2,7,8);1H. The molecule has 5 heteroatoms. The number of nitrogen functional groups attached to an aromatic ring is 1. The lowest BCUT2D eigenvalue weighted by Gasteiger charge is -1.93. The van der Waals surface area contributed by atoms with Gasteiger partial charge in [0.1, 0.15) is 0 Å². The first-order valence-electron chi connectivity index (χ1n) is 2.91. The van der Waals surface area contributed by atoms with E-state index in [1.54, 1.807) is 18.6 Å². The molecule has 0 aromatic carbocycles. The predicted molar refractivity (Wildman–Crippen MR) is 44.6 cm³/mol. The Labute approximate surface area is 69.5 Å². The summed E-state index contributed by atoms with van der Waals surface area (Å²) >= 11 is 0. The number of nitrogens with two attached hydrogens (primary N) is 1. The van der Waals surface area contributed by atoms with Gasteiger partial charge in [-0.25, -0.2) is 9.97 Å². The third kappa shape index (κ3) is 1.12. The van der Waals surface area contributed by atoms with Crippen LogP contribution in [0.2, 0.25) is 0 Å². The van der Waals surface area contributed by atoms with E-state index in [-0.39, 0.29) is 12.4 Å². The molecule has 0 unspecified atom stereocenters. The molecule has 58 valence electrons. The van der Waals surface area contributed by atoms with Crippen LogP contribution in [0.4, 0.5) is 5.82 Å². The minimum Gasteiger partial charge on any atom is -0.381 e. The van der Waals surface area contributed by atoms with Gasteiger partial charge < -0.3 is 10.1 Å². The van der Waals surface area contributed by atoms with Crippen molar-refractivity contribution in [3.8, 4) is 0 Å². The summed E-state index contributed by atoms with van der Waals surface area (Å²) in [5.41, 5.74) is 6.22. The molecule has 0 aliphatic carbocycles. The van der Waals surface area contributed by atoms with E-state index in [9.17, 15) is 0 Å². The van der Waals surface area contributed by atoms with Gasteiger partial charge >= 0.3 is 0 Å². The molecule has 0 radical (unpaired) electrons. The van der Waals surface area contributed by atoms with Crippen molar-refractivity contribution in [1.29, 1.82) is 0 Å². The molecule has 0 aliphatic rings. The zero-order chi connectivity index (χ0) is 6.97. The van der Waals surface area contributed by atoms with Gasteiger partial charge in [-0.15, -0.1) is 12.4 Å². The molecule has 0 amide bonds. The third-order valence-electron chi connectivity index (χ3n) is 1.34. The molecule has 0 atom stereocenters. The van der Waals surface area contributed by atoms with Crippen LogP contribution in [0.5, 0.6) is 0 Å². The van der Waals surface area contributed by atoms with Gasteiger partial charge in [-0.2, -0.15) is 0 Å². The maximum absolute atomic E-state index is 5.51. The third-order valence-corrected chi connectivity index (χ3v) is 1.34. The van der Waals surface area contributed by atoms with Crippen LogP contribution in [0.25, 0.3) is 5.65 Å². The summed E-state index contributed by atoms with van der Waals surface area (Å²) in [5.74, 6) is 0.465. The lowest BCUT2D eigenvalue weighted by molar-refractivity contribution is 1.13. The maximum atomic E-state index is 5.51. The highest BCUT2D eigenvalue weighted by Gasteiger charge is 1.95. The normalized spacial score (nSPS) is 9.45. The molecule has 0 bridgehead atoms. The molecule has 2 aromatic rings.